The van der Waals surface area contributed by atoms with Gasteiger partial charge in [-0.3, -0.25) is 10.3 Å². The number of carbonyl (C=O) groups excluding carboxylic acids is 1. The zero-order chi connectivity index (χ0) is 25.1. The molecule has 0 aliphatic carbocycles. The quantitative estimate of drug-likeness (QED) is 0.326. The van der Waals surface area contributed by atoms with Crippen LogP contribution in [-0.2, 0) is 24.0 Å². The number of hydrogen-bond donors (Lipinski definition) is 1. The van der Waals surface area contributed by atoms with Gasteiger partial charge in [0.25, 0.3) is 0 Å². The summed E-state index contributed by atoms with van der Waals surface area (Å²) < 4.78 is 5.95. The summed E-state index contributed by atoms with van der Waals surface area (Å²) in [6, 6.07) is 6.98. The Bertz CT molecular complexity index is 786. The van der Waals surface area contributed by atoms with Crippen molar-refractivity contribution in [3.8, 4) is 0 Å². The smallest absolute Gasteiger partial charge is 0.409 e. The third-order valence-corrected chi connectivity index (χ3v) is 6.41. The molecule has 1 aliphatic heterocycles. The van der Waals surface area contributed by atoms with Crippen molar-refractivity contribution in [3.63, 3.8) is 0 Å². The van der Waals surface area contributed by atoms with Crippen LogP contribution in [-0.4, -0.2) is 42.2 Å². The Morgan fingerprint density at radius 3 is 2.44 bits per heavy atom. The van der Waals surface area contributed by atoms with Gasteiger partial charge in [-0.15, -0.1) is 0 Å². The van der Waals surface area contributed by atoms with E-state index in [9.17, 15) is 4.79 Å². The molecule has 5 nitrogen and oxygen atoms in total. The van der Waals surface area contributed by atoms with Gasteiger partial charge in [0, 0.05) is 13.0 Å². The monoisotopic (exact) mass is 471 g/mol. The number of alkyl carbamates (subject to hydrolysis) is 1. The van der Waals surface area contributed by atoms with Crippen LogP contribution in [0.3, 0.4) is 0 Å². The highest BCUT2D eigenvalue weighted by molar-refractivity contribution is 5.69. The average molecular weight is 472 g/mol. The van der Waals surface area contributed by atoms with E-state index in [2.05, 4.69) is 68.0 Å². The van der Waals surface area contributed by atoms with E-state index in [0.717, 1.165) is 38.1 Å². The van der Waals surface area contributed by atoms with E-state index in [-0.39, 0.29) is 12.3 Å². The zero-order valence-corrected chi connectivity index (χ0v) is 22.8. The van der Waals surface area contributed by atoms with Crippen LogP contribution in [0.25, 0.3) is 0 Å². The Balaban J connectivity index is 2.05. The van der Waals surface area contributed by atoms with Crippen molar-refractivity contribution < 1.29 is 9.53 Å². The van der Waals surface area contributed by atoms with Crippen LogP contribution in [0.5, 0.6) is 0 Å². The van der Waals surface area contributed by atoms with Crippen molar-refractivity contribution in [2.45, 2.75) is 112 Å². The lowest BCUT2D eigenvalue weighted by Gasteiger charge is -2.29. The minimum atomic E-state index is -0.595. The molecule has 0 radical (unpaired) electrons. The molecule has 1 aromatic carbocycles. The first-order chi connectivity index (χ1) is 16.1. The van der Waals surface area contributed by atoms with Gasteiger partial charge >= 0.3 is 6.09 Å². The van der Waals surface area contributed by atoms with Crippen LogP contribution in [0, 0.1) is 11.8 Å². The Kier molecular flexibility index (Phi) is 11.4. The van der Waals surface area contributed by atoms with E-state index >= 15 is 0 Å². The summed E-state index contributed by atoms with van der Waals surface area (Å²) in [5.74, 6) is 1.45. The van der Waals surface area contributed by atoms with E-state index in [1.165, 1.54) is 42.4 Å². The molecule has 0 aromatic heterocycles. The van der Waals surface area contributed by atoms with Crippen LogP contribution >= 0.6 is 0 Å². The maximum absolute atomic E-state index is 12.7. The number of carbonyl (C=O) groups is 1. The second-order valence-corrected chi connectivity index (χ2v) is 11.4. The predicted molar refractivity (Wildman–Crippen MR) is 144 cm³/mol. The fourth-order valence-corrected chi connectivity index (χ4v) is 4.61. The first-order valence-corrected chi connectivity index (χ1v) is 13.5. The molecule has 0 saturated heterocycles. The number of hydrogen-bond acceptors (Lipinski definition) is 4. The first-order valence-electron chi connectivity index (χ1n) is 13.5. The lowest BCUT2D eigenvalue weighted by Crippen LogP contribution is -2.48. The lowest BCUT2D eigenvalue weighted by atomic mass is 9.89. The van der Waals surface area contributed by atoms with E-state index in [1.807, 2.05) is 20.2 Å². The van der Waals surface area contributed by atoms with Crippen molar-refractivity contribution in [1.82, 2.24) is 10.2 Å². The number of aryl methyl sites for hydroxylation is 2. The topological polar surface area (TPSA) is 53.9 Å². The van der Waals surface area contributed by atoms with Crippen LogP contribution in [0.15, 0.2) is 23.2 Å². The molecule has 1 N–H and O–H groups in total. The molecule has 0 bridgehead atoms. The van der Waals surface area contributed by atoms with Gasteiger partial charge in [0.05, 0.1) is 12.9 Å². The van der Waals surface area contributed by atoms with Crippen molar-refractivity contribution in [3.05, 3.63) is 34.9 Å². The Labute approximate surface area is 208 Å². The van der Waals surface area contributed by atoms with Crippen molar-refractivity contribution in [1.29, 1.82) is 0 Å². The van der Waals surface area contributed by atoms with E-state index < -0.39 is 5.60 Å². The molecule has 1 atom stereocenters. The second-order valence-electron chi connectivity index (χ2n) is 11.4. The maximum atomic E-state index is 12.7. The Morgan fingerprint density at radius 1 is 1.12 bits per heavy atom. The molecular formula is C29H49N3O2. The number of nitrogens with zero attached hydrogens (tertiary/aromatic N) is 2. The Hall–Kier alpha value is -2.04. The normalized spacial score (nSPS) is 16.0. The number of rotatable bonds is 14. The van der Waals surface area contributed by atoms with Gasteiger partial charge in [0.2, 0.25) is 0 Å². The predicted octanol–water partition coefficient (Wildman–Crippen LogP) is 6.77. The molecule has 0 saturated carbocycles. The van der Waals surface area contributed by atoms with Crippen molar-refractivity contribution in [2.75, 3.05) is 13.1 Å². The average Bonchev–Trinajstić information content (AvgIpc) is 3.15. The van der Waals surface area contributed by atoms with Crippen LogP contribution in [0.2, 0.25) is 0 Å². The lowest BCUT2D eigenvalue weighted by molar-refractivity contribution is 0.0343. The van der Waals surface area contributed by atoms with Crippen molar-refractivity contribution >= 4 is 12.4 Å². The summed E-state index contributed by atoms with van der Waals surface area (Å²) in [6.07, 6.45) is 10.1. The van der Waals surface area contributed by atoms with Gasteiger partial charge in [0.15, 0.2) is 0 Å². The SMILES string of the molecule is CCCN1C=NCC1NC(=O)OC(C)(C)Cc1cc(CCCC(C)C)ccc1CCCC(C)C. The van der Waals surface area contributed by atoms with Gasteiger partial charge < -0.3 is 9.64 Å². The molecule has 1 heterocycles. The molecule has 2 rings (SSSR count). The van der Waals surface area contributed by atoms with E-state index in [1.54, 1.807) is 0 Å². The minimum absolute atomic E-state index is 0.112. The molecule has 0 fully saturated rings. The minimum Gasteiger partial charge on any atom is -0.443 e. The highest BCUT2D eigenvalue weighted by Crippen LogP contribution is 2.25. The molecule has 1 amide bonds. The van der Waals surface area contributed by atoms with Crippen LogP contribution < -0.4 is 5.32 Å². The zero-order valence-electron chi connectivity index (χ0n) is 22.8. The van der Waals surface area contributed by atoms with Crippen molar-refractivity contribution in [2.24, 2.45) is 16.8 Å². The number of ether oxygens (including phenoxy) is 1. The fourth-order valence-electron chi connectivity index (χ4n) is 4.61. The summed E-state index contributed by atoms with van der Waals surface area (Å²) in [4.78, 5) is 19.1. The number of aliphatic imine (C=N–C) groups is 1. The summed E-state index contributed by atoms with van der Waals surface area (Å²) in [5.41, 5.74) is 3.51. The molecule has 1 aliphatic rings. The van der Waals surface area contributed by atoms with Gasteiger partial charge in [-0.05, 0) is 74.5 Å². The standard InChI is InChI=1S/C29H49N3O2/c1-8-17-32-21-30-20-27(32)31-28(33)34-29(6,7)19-26-18-24(13-9-11-22(2)3)15-16-25(26)14-10-12-23(4)5/h15-16,18,21-23,27H,8-14,17,19-20H2,1-7H3,(H,31,33). The third-order valence-electron chi connectivity index (χ3n) is 6.41. The molecule has 5 heteroatoms. The second kappa shape index (κ2) is 13.7. The fraction of sp³-hybridized carbons (Fsp3) is 0.724. The number of benzene rings is 1. The molecule has 192 valence electrons. The van der Waals surface area contributed by atoms with Gasteiger partial charge in [-0.25, -0.2) is 4.79 Å². The third kappa shape index (κ3) is 10.1. The van der Waals surface area contributed by atoms with Gasteiger partial charge in [-0.2, -0.15) is 0 Å². The first kappa shape index (κ1) is 28.2. The largest absolute Gasteiger partial charge is 0.443 e. The highest BCUT2D eigenvalue weighted by Gasteiger charge is 2.28. The highest BCUT2D eigenvalue weighted by atomic mass is 16.6. The number of amides is 1. The molecule has 1 aromatic rings. The van der Waals surface area contributed by atoms with E-state index in [4.69, 9.17) is 4.74 Å². The summed E-state index contributed by atoms with van der Waals surface area (Å²) in [5, 5.41) is 3.01. The summed E-state index contributed by atoms with van der Waals surface area (Å²) >= 11 is 0. The Morgan fingerprint density at radius 2 is 1.79 bits per heavy atom. The molecular weight excluding hydrogens is 422 g/mol. The van der Waals surface area contributed by atoms with Gasteiger partial charge in [0.1, 0.15) is 11.8 Å². The molecule has 1 unspecified atom stereocenters. The molecule has 0 spiro atoms. The number of nitrogens with one attached hydrogen (secondary N) is 1. The summed E-state index contributed by atoms with van der Waals surface area (Å²) in [7, 11) is 0. The molecule has 34 heavy (non-hydrogen) atoms. The maximum Gasteiger partial charge on any atom is 0.409 e. The van der Waals surface area contributed by atoms with Gasteiger partial charge in [-0.1, -0.05) is 65.7 Å². The van der Waals surface area contributed by atoms with Crippen LogP contribution in [0.4, 0.5) is 4.79 Å². The summed E-state index contributed by atoms with van der Waals surface area (Å²) in [6.45, 7) is 16.8. The van der Waals surface area contributed by atoms with Crippen LogP contribution in [0.1, 0.15) is 97.3 Å². The van der Waals surface area contributed by atoms with E-state index in [0.29, 0.717) is 12.5 Å².